The number of carbonyl (C=O) groups is 1. The standard InChI is InChI=1S/C20H33N3O5S2/c1-20(2,3)30(27,28)21-14-6-5-9-19(24)22-17-10-12-18(13-11-17)29(25,26)23-15-7-4-8-16-23/h10-13,21H,4-9,14-16H2,1-3H3,(H,22,24). The van der Waals surface area contributed by atoms with Crippen LogP contribution in [0.15, 0.2) is 29.2 Å². The molecule has 30 heavy (non-hydrogen) atoms. The summed E-state index contributed by atoms with van der Waals surface area (Å²) in [7, 11) is -6.86. The monoisotopic (exact) mass is 459 g/mol. The molecular weight excluding hydrogens is 426 g/mol. The van der Waals surface area contributed by atoms with Gasteiger partial charge in [0.15, 0.2) is 0 Å². The number of unbranched alkanes of at least 4 members (excludes halogenated alkanes) is 1. The van der Waals surface area contributed by atoms with Gasteiger partial charge in [0.25, 0.3) is 0 Å². The molecule has 1 fully saturated rings. The molecule has 0 saturated carbocycles. The van der Waals surface area contributed by atoms with E-state index in [1.807, 2.05) is 0 Å². The van der Waals surface area contributed by atoms with E-state index in [1.165, 1.54) is 16.4 Å². The zero-order valence-corrected chi connectivity index (χ0v) is 19.6. The molecule has 0 aromatic heterocycles. The number of carbonyl (C=O) groups excluding carboxylic acids is 1. The summed E-state index contributed by atoms with van der Waals surface area (Å²) in [6.45, 7) is 6.28. The first-order valence-corrected chi connectivity index (χ1v) is 13.2. The maximum atomic E-state index is 12.6. The van der Waals surface area contributed by atoms with Gasteiger partial charge in [0.05, 0.1) is 9.64 Å². The van der Waals surface area contributed by atoms with Crippen molar-refractivity contribution in [2.75, 3.05) is 25.0 Å². The number of sulfonamides is 2. The lowest BCUT2D eigenvalue weighted by atomic mass is 10.2. The molecule has 0 bridgehead atoms. The van der Waals surface area contributed by atoms with Crippen LogP contribution in [-0.4, -0.2) is 51.4 Å². The smallest absolute Gasteiger partial charge is 0.243 e. The molecule has 0 radical (unpaired) electrons. The quantitative estimate of drug-likeness (QED) is 0.551. The van der Waals surface area contributed by atoms with Crippen LogP contribution >= 0.6 is 0 Å². The van der Waals surface area contributed by atoms with Gasteiger partial charge in [-0.2, -0.15) is 4.31 Å². The molecule has 0 aliphatic carbocycles. The first-order chi connectivity index (χ1) is 13.9. The van der Waals surface area contributed by atoms with Gasteiger partial charge in [-0.15, -0.1) is 0 Å². The van der Waals surface area contributed by atoms with E-state index in [0.717, 1.165) is 19.3 Å². The summed E-state index contributed by atoms with van der Waals surface area (Å²) >= 11 is 0. The van der Waals surface area contributed by atoms with Crippen molar-refractivity contribution in [3.63, 3.8) is 0 Å². The van der Waals surface area contributed by atoms with Gasteiger partial charge >= 0.3 is 0 Å². The molecule has 10 heteroatoms. The first kappa shape index (κ1) is 24.8. The average molecular weight is 460 g/mol. The molecule has 1 saturated heterocycles. The molecule has 0 atom stereocenters. The SMILES string of the molecule is CC(C)(C)S(=O)(=O)NCCCCC(=O)Nc1ccc(S(=O)(=O)N2CCCCC2)cc1. The Labute approximate surface area is 180 Å². The van der Waals surface area contributed by atoms with Gasteiger partial charge in [-0.3, -0.25) is 4.79 Å². The van der Waals surface area contributed by atoms with E-state index in [0.29, 0.717) is 31.6 Å². The van der Waals surface area contributed by atoms with E-state index in [1.54, 1.807) is 32.9 Å². The number of benzene rings is 1. The third kappa shape index (κ3) is 6.76. The van der Waals surface area contributed by atoms with Crippen LogP contribution in [0.2, 0.25) is 0 Å². The maximum absolute atomic E-state index is 12.6. The van der Waals surface area contributed by atoms with E-state index in [9.17, 15) is 21.6 Å². The second-order valence-corrected chi connectivity index (χ2v) is 13.0. The highest BCUT2D eigenvalue weighted by Gasteiger charge is 2.28. The van der Waals surface area contributed by atoms with Crippen LogP contribution < -0.4 is 10.0 Å². The highest BCUT2D eigenvalue weighted by molar-refractivity contribution is 7.90. The van der Waals surface area contributed by atoms with Crippen LogP contribution in [0.25, 0.3) is 0 Å². The lowest BCUT2D eigenvalue weighted by molar-refractivity contribution is -0.116. The summed E-state index contributed by atoms with van der Waals surface area (Å²) in [5.41, 5.74) is 0.533. The van der Waals surface area contributed by atoms with Crippen LogP contribution in [0.5, 0.6) is 0 Å². The van der Waals surface area contributed by atoms with Gasteiger partial charge in [-0.25, -0.2) is 21.6 Å². The fourth-order valence-electron chi connectivity index (χ4n) is 3.02. The van der Waals surface area contributed by atoms with Crippen LogP contribution in [-0.2, 0) is 24.8 Å². The van der Waals surface area contributed by atoms with Crippen molar-refractivity contribution in [3.05, 3.63) is 24.3 Å². The molecule has 1 amide bonds. The van der Waals surface area contributed by atoms with Crippen molar-refractivity contribution in [3.8, 4) is 0 Å². The Morgan fingerprint density at radius 1 is 0.967 bits per heavy atom. The van der Waals surface area contributed by atoms with E-state index in [2.05, 4.69) is 10.0 Å². The molecular formula is C20H33N3O5S2. The van der Waals surface area contributed by atoms with Crippen molar-refractivity contribution < 1.29 is 21.6 Å². The molecule has 1 aromatic rings. The third-order valence-corrected chi connectivity index (χ3v) is 9.13. The van der Waals surface area contributed by atoms with Crippen LogP contribution in [0, 0.1) is 0 Å². The average Bonchev–Trinajstić information content (AvgIpc) is 2.68. The molecule has 170 valence electrons. The zero-order chi connectivity index (χ0) is 22.4. The van der Waals surface area contributed by atoms with E-state index in [4.69, 9.17) is 0 Å². The van der Waals surface area contributed by atoms with Crippen LogP contribution in [0.4, 0.5) is 5.69 Å². The van der Waals surface area contributed by atoms with E-state index in [-0.39, 0.29) is 23.8 Å². The minimum atomic E-state index is -3.49. The third-order valence-electron chi connectivity index (χ3n) is 5.02. The Kier molecular flexibility index (Phi) is 8.43. The first-order valence-electron chi connectivity index (χ1n) is 10.3. The van der Waals surface area contributed by atoms with Gasteiger partial charge in [0.2, 0.25) is 26.0 Å². The van der Waals surface area contributed by atoms with E-state index >= 15 is 0 Å². The summed E-state index contributed by atoms with van der Waals surface area (Å²) in [5, 5.41) is 2.75. The number of amides is 1. The fraction of sp³-hybridized carbons (Fsp3) is 0.650. The number of hydrogen-bond donors (Lipinski definition) is 2. The Morgan fingerprint density at radius 3 is 2.13 bits per heavy atom. The molecule has 0 spiro atoms. The molecule has 1 aliphatic heterocycles. The van der Waals surface area contributed by atoms with Crippen molar-refractivity contribution >= 4 is 31.6 Å². The highest BCUT2D eigenvalue weighted by atomic mass is 32.2. The molecule has 1 heterocycles. The molecule has 2 rings (SSSR count). The molecule has 2 N–H and O–H groups in total. The molecule has 8 nitrogen and oxygen atoms in total. The summed E-state index contributed by atoms with van der Waals surface area (Å²) in [6.07, 6.45) is 4.16. The van der Waals surface area contributed by atoms with Gasteiger partial charge in [-0.05, 0) is 70.7 Å². The predicted molar refractivity (Wildman–Crippen MR) is 118 cm³/mol. The second-order valence-electron chi connectivity index (χ2n) is 8.50. The molecule has 1 aliphatic rings. The van der Waals surface area contributed by atoms with Crippen molar-refractivity contribution in [2.24, 2.45) is 0 Å². The van der Waals surface area contributed by atoms with E-state index < -0.39 is 24.8 Å². The summed E-state index contributed by atoms with van der Waals surface area (Å²) in [6, 6.07) is 6.21. The number of nitrogens with one attached hydrogen (secondary N) is 2. The van der Waals surface area contributed by atoms with Crippen molar-refractivity contribution in [1.82, 2.24) is 9.03 Å². The van der Waals surface area contributed by atoms with Gasteiger partial charge in [0.1, 0.15) is 0 Å². The van der Waals surface area contributed by atoms with Crippen molar-refractivity contribution in [2.45, 2.75) is 68.9 Å². The predicted octanol–water partition coefficient (Wildman–Crippen LogP) is 2.69. The number of nitrogens with zero attached hydrogens (tertiary/aromatic N) is 1. The largest absolute Gasteiger partial charge is 0.326 e. The zero-order valence-electron chi connectivity index (χ0n) is 18.0. The lowest BCUT2D eigenvalue weighted by Crippen LogP contribution is -2.39. The number of anilines is 1. The van der Waals surface area contributed by atoms with Gasteiger partial charge in [0, 0.05) is 31.7 Å². The minimum absolute atomic E-state index is 0.194. The Balaban J connectivity index is 1.78. The highest BCUT2D eigenvalue weighted by Crippen LogP contribution is 2.22. The van der Waals surface area contributed by atoms with Gasteiger partial charge in [-0.1, -0.05) is 6.42 Å². The summed E-state index contributed by atoms with van der Waals surface area (Å²) in [4.78, 5) is 12.3. The summed E-state index contributed by atoms with van der Waals surface area (Å²) < 4.78 is 52.4. The fourth-order valence-corrected chi connectivity index (χ4v) is 5.38. The lowest BCUT2D eigenvalue weighted by Gasteiger charge is -2.25. The van der Waals surface area contributed by atoms with Crippen molar-refractivity contribution in [1.29, 1.82) is 0 Å². The normalized spacial score (nSPS) is 16.4. The minimum Gasteiger partial charge on any atom is -0.326 e. The maximum Gasteiger partial charge on any atom is 0.243 e. The number of hydrogen-bond acceptors (Lipinski definition) is 5. The van der Waals surface area contributed by atoms with Crippen LogP contribution in [0.3, 0.4) is 0 Å². The summed E-state index contributed by atoms with van der Waals surface area (Å²) in [5.74, 6) is -0.194. The van der Waals surface area contributed by atoms with Crippen LogP contribution in [0.1, 0.15) is 59.3 Å². The molecule has 0 unspecified atom stereocenters. The number of piperidine rings is 1. The van der Waals surface area contributed by atoms with Gasteiger partial charge < -0.3 is 5.32 Å². The molecule has 1 aromatic carbocycles. The topological polar surface area (TPSA) is 113 Å². The Hall–Kier alpha value is -1.49. The Morgan fingerprint density at radius 2 is 1.57 bits per heavy atom. The Bertz CT molecular complexity index is 914. The number of rotatable bonds is 9. The second kappa shape index (κ2) is 10.2.